The molecule has 0 aliphatic heterocycles. The second-order valence-corrected chi connectivity index (χ2v) is 5.44. The van der Waals surface area contributed by atoms with Gasteiger partial charge in [0.05, 0.1) is 12.2 Å². The normalized spacial score (nSPS) is 10.6. The van der Waals surface area contributed by atoms with Crippen LogP contribution >= 0.6 is 11.6 Å². The topological polar surface area (TPSA) is 34.9 Å². The lowest BCUT2D eigenvalue weighted by atomic mass is 10.1. The number of benzene rings is 2. The Morgan fingerprint density at radius 1 is 1.00 bits per heavy atom. The Labute approximate surface area is 133 Å². The van der Waals surface area contributed by atoms with Crippen LogP contribution in [-0.2, 0) is 6.54 Å². The molecule has 110 valence electrons. The van der Waals surface area contributed by atoms with E-state index in [4.69, 9.17) is 11.6 Å². The average Bonchev–Trinajstić information content (AvgIpc) is 2.54. The van der Waals surface area contributed by atoms with Gasteiger partial charge < -0.3 is 0 Å². The van der Waals surface area contributed by atoms with Gasteiger partial charge in [0.15, 0.2) is 5.15 Å². The lowest BCUT2D eigenvalue weighted by Gasteiger charge is -2.15. The van der Waals surface area contributed by atoms with Crippen LogP contribution in [-0.4, -0.2) is 9.55 Å². The van der Waals surface area contributed by atoms with Crippen molar-refractivity contribution in [2.45, 2.75) is 13.5 Å². The van der Waals surface area contributed by atoms with Gasteiger partial charge in [-0.15, -0.1) is 0 Å². The third-order valence-electron chi connectivity index (χ3n) is 3.52. The van der Waals surface area contributed by atoms with Crippen molar-refractivity contribution in [3.05, 3.63) is 87.4 Å². The molecular weight excluding hydrogens is 296 g/mol. The van der Waals surface area contributed by atoms with Gasteiger partial charge in [-0.3, -0.25) is 9.36 Å². The molecule has 0 saturated carbocycles. The maximum Gasteiger partial charge on any atom is 0.272 e. The fourth-order valence-corrected chi connectivity index (χ4v) is 2.78. The van der Waals surface area contributed by atoms with Gasteiger partial charge in [-0.05, 0) is 12.5 Å². The molecule has 0 atom stereocenters. The van der Waals surface area contributed by atoms with Crippen molar-refractivity contribution in [1.82, 2.24) is 9.55 Å². The zero-order chi connectivity index (χ0) is 15.5. The van der Waals surface area contributed by atoms with Crippen LogP contribution in [0.5, 0.6) is 0 Å². The van der Waals surface area contributed by atoms with Crippen LogP contribution in [0.2, 0.25) is 5.15 Å². The molecule has 0 aliphatic rings. The minimum atomic E-state index is -0.118. The Morgan fingerprint density at radius 2 is 1.59 bits per heavy atom. The van der Waals surface area contributed by atoms with Gasteiger partial charge in [0.2, 0.25) is 0 Å². The highest BCUT2D eigenvalue weighted by molar-refractivity contribution is 6.31. The molecule has 0 amide bonds. The Balaban J connectivity index is 2.21. The number of hydrogen-bond acceptors (Lipinski definition) is 2. The largest absolute Gasteiger partial charge is 0.299 e. The van der Waals surface area contributed by atoms with Gasteiger partial charge in [-0.2, -0.15) is 0 Å². The van der Waals surface area contributed by atoms with Crippen molar-refractivity contribution in [3.8, 4) is 11.3 Å². The van der Waals surface area contributed by atoms with E-state index in [0.29, 0.717) is 23.1 Å². The lowest BCUT2D eigenvalue weighted by molar-refractivity contribution is 0.747. The van der Waals surface area contributed by atoms with Crippen LogP contribution < -0.4 is 5.56 Å². The first-order chi connectivity index (χ1) is 10.7. The van der Waals surface area contributed by atoms with Crippen LogP contribution in [0.1, 0.15) is 11.3 Å². The fraction of sp³-hybridized carbons (Fsp3) is 0.111. The first-order valence-electron chi connectivity index (χ1n) is 7.03. The molecule has 0 spiro atoms. The van der Waals surface area contributed by atoms with E-state index in [1.54, 1.807) is 11.5 Å². The Morgan fingerprint density at radius 3 is 2.23 bits per heavy atom. The average molecular weight is 311 g/mol. The monoisotopic (exact) mass is 310 g/mol. The van der Waals surface area contributed by atoms with Crippen molar-refractivity contribution < 1.29 is 0 Å². The molecule has 0 fully saturated rings. The summed E-state index contributed by atoms with van der Waals surface area (Å²) < 4.78 is 1.69. The summed E-state index contributed by atoms with van der Waals surface area (Å²) in [4.78, 5) is 16.7. The highest BCUT2D eigenvalue weighted by atomic mass is 35.5. The number of halogens is 1. The van der Waals surface area contributed by atoms with E-state index < -0.39 is 0 Å². The minimum Gasteiger partial charge on any atom is -0.299 e. The zero-order valence-electron chi connectivity index (χ0n) is 12.2. The number of aryl methyl sites for hydroxylation is 1. The highest BCUT2D eigenvalue weighted by Gasteiger charge is 2.15. The maximum absolute atomic E-state index is 12.6. The molecule has 1 aromatic heterocycles. The molecule has 3 nitrogen and oxygen atoms in total. The second kappa shape index (κ2) is 6.16. The summed E-state index contributed by atoms with van der Waals surface area (Å²) in [5.41, 5.74) is 2.87. The van der Waals surface area contributed by atoms with Crippen LogP contribution in [0.4, 0.5) is 0 Å². The predicted molar refractivity (Wildman–Crippen MR) is 89.2 cm³/mol. The Bertz CT molecular complexity index is 842. The van der Waals surface area contributed by atoms with E-state index in [0.717, 1.165) is 11.1 Å². The maximum atomic E-state index is 12.6. The molecule has 0 unspecified atom stereocenters. The lowest BCUT2D eigenvalue weighted by Crippen LogP contribution is -2.26. The van der Waals surface area contributed by atoms with Gasteiger partial charge in [0.1, 0.15) is 5.69 Å². The van der Waals surface area contributed by atoms with Crippen molar-refractivity contribution in [2.75, 3.05) is 0 Å². The fourth-order valence-electron chi connectivity index (χ4n) is 2.44. The van der Waals surface area contributed by atoms with Crippen molar-refractivity contribution >= 4 is 11.6 Å². The standard InChI is InChI=1S/C18H15ClN2O/c1-13-18(22)21(12-14-8-4-2-5-9-14)16(17(19)20-13)15-10-6-3-7-11-15/h2-11H,12H2,1H3. The molecule has 0 radical (unpaired) electrons. The molecule has 4 heteroatoms. The molecule has 1 heterocycles. The van der Waals surface area contributed by atoms with Crippen LogP contribution in [0, 0.1) is 6.92 Å². The quantitative estimate of drug-likeness (QED) is 0.735. The summed E-state index contributed by atoms with van der Waals surface area (Å²) >= 11 is 6.34. The van der Waals surface area contributed by atoms with Crippen LogP contribution in [0.15, 0.2) is 65.5 Å². The predicted octanol–water partition coefficient (Wildman–Crippen LogP) is 3.92. The molecule has 0 N–H and O–H groups in total. The third-order valence-corrected chi connectivity index (χ3v) is 3.78. The van der Waals surface area contributed by atoms with Crippen LogP contribution in [0.25, 0.3) is 11.3 Å². The van der Waals surface area contributed by atoms with Gasteiger partial charge in [0.25, 0.3) is 5.56 Å². The van der Waals surface area contributed by atoms with E-state index >= 15 is 0 Å². The summed E-state index contributed by atoms with van der Waals surface area (Å²) in [7, 11) is 0. The SMILES string of the molecule is Cc1nc(Cl)c(-c2ccccc2)n(Cc2ccccc2)c1=O. The van der Waals surface area contributed by atoms with Crippen molar-refractivity contribution in [2.24, 2.45) is 0 Å². The van der Waals surface area contributed by atoms with Gasteiger partial charge in [-0.1, -0.05) is 72.3 Å². The van der Waals surface area contributed by atoms with Crippen molar-refractivity contribution in [3.63, 3.8) is 0 Å². The summed E-state index contributed by atoms with van der Waals surface area (Å²) in [6.45, 7) is 2.15. The number of rotatable bonds is 3. The molecule has 2 aromatic carbocycles. The highest BCUT2D eigenvalue weighted by Crippen LogP contribution is 2.25. The number of aromatic nitrogens is 2. The summed E-state index contributed by atoms with van der Waals surface area (Å²) in [6, 6.07) is 19.5. The number of nitrogens with zero attached hydrogens (tertiary/aromatic N) is 2. The summed E-state index contributed by atoms with van der Waals surface area (Å²) in [5.74, 6) is 0. The van der Waals surface area contributed by atoms with Gasteiger partial charge >= 0.3 is 0 Å². The van der Waals surface area contributed by atoms with Gasteiger partial charge in [0, 0.05) is 5.56 Å². The van der Waals surface area contributed by atoms with E-state index in [1.807, 2.05) is 60.7 Å². The molecular formula is C18H15ClN2O. The minimum absolute atomic E-state index is 0.118. The van der Waals surface area contributed by atoms with E-state index in [2.05, 4.69) is 4.98 Å². The van der Waals surface area contributed by atoms with E-state index in [1.165, 1.54) is 0 Å². The molecule has 0 bridgehead atoms. The smallest absolute Gasteiger partial charge is 0.272 e. The first-order valence-corrected chi connectivity index (χ1v) is 7.41. The molecule has 0 aliphatic carbocycles. The molecule has 3 rings (SSSR count). The first kappa shape index (κ1) is 14.5. The molecule has 22 heavy (non-hydrogen) atoms. The van der Waals surface area contributed by atoms with E-state index in [-0.39, 0.29) is 5.56 Å². The van der Waals surface area contributed by atoms with Crippen LogP contribution in [0.3, 0.4) is 0 Å². The Hall–Kier alpha value is -2.39. The Kier molecular flexibility index (Phi) is 4.07. The summed E-state index contributed by atoms with van der Waals surface area (Å²) in [5, 5.41) is 0.347. The van der Waals surface area contributed by atoms with E-state index in [9.17, 15) is 4.79 Å². The molecule has 0 saturated heterocycles. The third kappa shape index (κ3) is 2.81. The summed E-state index contributed by atoms with van der Waals surface area (Å²) in [6.07, 6.45) is 0. The zero-order valence-corrected chi connectivity index (χ0v) is 12.9. The van der Waals surface area contributed by atoms with Crippen molar-refractivity contribution in [1.29, 1.82) is 0 Å². The van der Waals surface area contributed by atoms with Gasteiger partial charge in [-0.25, -0.2) is 4.98 Å². The number of hydrogen-bond donors (Lipinski definition) is 0. The molecule has 3 aromatic rings. The second-order valence-electron chi connectivity index (χ2n) is 5.08.